The Balaban J connectivity index is 0.00000225. The Hall–Kier alpha value is -2.71. The van der Waals surface area contributed by atoms with E-state index in [2.05, 4.69) is 26.0 Å². The maximum absolute atomic E-state index is 12.9. The standard InChI is InChI=1S/C19H23N7O.ClH/c1-13(18-12-26(24-23-18)15-6-4-3-5-7-15)22-19(27)17-10-20-9-16(17)14-8-21-25(2)11-14;/h3-8,11-13,16-17,20H,9-10H2,1-2H3,(H,22,27);1H/t13?,16-,17+;/m1./s1. The van der Waals surface area contributed by atoms with E-state index in [1.807, 2.05) is 62.9 Å². The largest absolute Gasteiger partial charge is 0.348 e. The second-order valence-electron chi connectivity index (χ2n) is 6.97. The summed E-state index contributed by atoms with van der Waals surface area (Å²) in [6, 6.07) is 9.57. The van der Waals surface area contributed by atoms with E-state index in [0.717, 1.165) is 23.5 Å². The number of amides is 1. The van der Waals surface area contributed by atoms with Crippen LogP contribution in [-0.2, 0) is 11.8 Å². The third-order valence-corrected chi connectivity index (χ3v) is 5.04. The van der Waals surface area contributed by atoms with Crippen LogP contribution in [-0.4, -0.2) is 43.8 Å². The van der Waals surface area contributed by atoms with Crippen LogP contribution in [0.4, 0.5) is 0 Å². The fraction of sp³-hybridized carbons (Fsp3) is 0.368. The smallest absolute Gasteiger partial charge is 0.225 e. The highest BCUT2D eigenvalue weighted by atomic mass is 35.5. The van der Waals surface area contributed by atoms with Crippen molar-refractivity contribution in [2.45, 2.75) is 18.9 Å². The molecule has 3 aromatic rings. The van der Waals surface area contributed by atoms with Gasteiger partial charge in [-0.05, 0) is 24.6 Å². The number of carbonyl (C=O) groups excluding carboxylic acids is 1. The molecule has 1 aliphatic rings. The van der Waals surface area contributed by atoms with Gasteiger partial charge in [0, 0.05) is 32.3 Å². The van der Waals surface area contributed by atoms with Crippen molar-refractivity contribution in [1.29, 1.82) is 0 Å². The molecule has 1 amide bonds. The Bertz CT molecular complexity index is 923. The number of aryl methyl sites for hydroxylation is 1. The van der Waals surface area contributed by atoms with Gasteiger partial charge in [-0.25, -0.2) is 4.68 Å². The normalized spacial score (nSPS) is 19.8. The Kier molecular flexibility index (Phi) is 6.11. The number of aromatic nitrogens is 5. The fourth-order valence-corrected chi connectivity index (χ4v) is 3.51. The number of hydrogen-bond donors (Lipinski definition) is 2. The van der Waals surface area contributed by atoms with Gasteiger partial charge in [0.2, 0.25) is 5.91 Å². The average molecular weight is 402 g/mol. The highest BCUT2D eigenvalue weighted by molar-refractivity contribution is 5.85. The van der Waals surface area contributed by atoms with Crippen molar-refractivity contribution >= 4 is 18.3 Å². The molecular formula is C19H24ClN7O. The molecule has 0 spiro atoms. The summed E-state index contributed by atoms with van der Waals surface area (Å²) in [7, 11) is 1.89. The lowest BCUT2D eigenvalue weighted by Crippen LogP contribution is -2.36. The summed E-state index contributed by atoms with van der Waals surface area (Å²) in [4.78, 5) is 12.9. The second kappa shape index (κ2) is 8.53. The number of nitrogens with zero attached hydrogens (tertiary/aromatic N) is 5. The molecule has 3 atom stereocenters. The quantitative estimate of drug-likeness (QED) is 0.677. The van der Waals surface area contributed by atoms with Crippen molar-refractivity contribution in [2.24, 2.45) is 13.0 Å². The highest BCUT2D eigenvalue weighted by Gasteiger charge is 2.35. The molecule has 9 heteroatoms. The van der Waals surface area contributed by atoms with Crippen LogP contribution in [0.15, 0.2) is 48.9 Å². The summed E-state index contributed by atoms with van der Waals surface area (Å²) in [5.74, 6) is 0.0299. The molecule has 28 heavy (non-hydrogen) atoms. The van der Waals surface area contributed by atoms with Crippen molar-refractivity contribution in [1.82, 2.24) is 35.4 Å². The van der Waals surface area contributed by atoms with Gasteiger partial charge in [-0.2, -0.15) is 5.10 Å². The highest BCUT2D eigenvalue weighted by Crippen LogP contribution is 2.28. The van der Waals surface area contributed by atoms with E-state index in [4.69, 9.17) is 0 Å². The summed E-state index contributed by atoms with van der Waals surface area (Å²) >= 11 is 0. The number of benzene rings is 1. The van der Waals surface area contributed by atoms with Crippen LogP contribution in [0.1, 0.15) is 30.1 Å². The first-order valence-corrected chi connectivity index (χ1v) is 9.09. The zero-order valence-electron chi connectivity index (χ0n) is 15.8. The lowest BCUT2D eigenvalue weighted by atomic mass is 9.90. The summed E-state index contributed by atoms with van der Waals surface area (Å²) in [5, 5.41) is 19.0. The van der Waals surface area contributed by atoms with E-state index in [1.165, 1.54) is 0 Å². The van der Waals surface area contributed by atoms with Crippen LogP contribution in [0.3, 0.4) is 0 Å². The summed E-state index contributed by atoms with van der Waals surface area (Å²) in [6.45, 7) is 3.37. The van der Waals surface area contributed by atoms with Crippen molar-refractivity contribution < 1.29 is 4.79 Å². The third kappa shape index (κ3) is 4.07. The van der Waals surface area contributed by atoms with Gasteiger partial charge < -0.3 is 10.6 Å². The lowest BCUT2D eigenvalue weighted by molar-refractivity contribution is -0.125. The topological polar surface area (TPSA) is 89.7 Å². The predicted molar refractivity (Wildman–Crippen MR) is 107 cm³/mol. The van der Waals surface area contributed by atoms with Crippen LogP contribution in [0.2, 0.25) is 0 Å². The molecule has 2 aromatic heterocycles. The summed E-state index contributed by atoms with van der Waals surface area (Å²) < 4.78 is 3.49. The van der Waals surface area contributed by atoms with Crippen molar-refractivity contribution in [3.63, 3.8) is 0 Å². The third-order valence-electron chi connectivity index (χ3n) is 5.04. The number of nitrogens with one attached hydrogen (secondary N) is 2. The lowest BCUT2D eigenvalue weighted by Gasteiger charge is -2.19. The SMILES string of the molecule is CC(NC(=O)[C@H]1CNC[C@@H]1c1cnn(C)c1)c1cn(-c2ccccc2)nn1.Cl. The molecule has 3 heterocycles. The number of rotatable bonds is 5. The number of carbonyl (C=O) groups is 1. The van der Waals surface area contributed by atoms with Crippen LogP contribution < -0.4 is 10.6 Å². The van der Waals surface area contributed by atoms with Crippen LogP contribution in [0.25, 0.3) is 5.69 Å². The molecule has 0 aliphatic carbocycles. The van der Waals surface area contributed by atoms with Gasteiger partial charge in [0.25, 0.3) is 0 Å². The molecule has 0 saturated carbocycles. The Labute approximate surface area is 169 Å². The predicted octanol–water partition coefficient (Wildman–Crippen LogP) is 1.60. The van der Waals surface area contributed by atoms with Gasteiger partial charge in [0.05, 0.1) is 30.0 Å². The fourth-order valence-electron chi connectivity index (χ4n) is 3.51. The molecule has 1 fully saturated rings. The van der Waals surface area contributed by atoms with Crippen LogP contribution in [0.5, 0.6) is 0 Å². The van der Waals surface area contributed by atoms with Crippen LogP contribution >= 0.6 is 12.4 Å². The molecule has 8 nitrogen and oxygen atoms in total. The molecule has 0 radical (unpaired) electrons. The van der Waals surface area contributed by atoms with Gasteiger partial charge >= 0.3 is 0 Å². The van der Waals surface area contributed by atoms with E-state index in [-0.39, 0.29) is 36.2 Å². The molecular weight excluding hydrogens is 378 g/mol. The van der Waals surface area contributed by atoms with Crippen LogP contribution in [0, 0.1) is 5.92 Å². The minimum Gasteiger partial charge on any atom is -0.348 e. The van der Waals surface area contributed by atoms with E-state index in [1.54, 1.807) is 9.36 Å². The van der Waals surface area contributed by atoms with Crippen molar-refractivity contribution in [3.05, 3.63) is 60.2 Å². The molecule has 4 rings (SSSR count). The molecule has 1 unspecified atom stereocenters. The maximum Gasteiger partial charge on any atom is 0.225 e. The minimum atomic E-state index is -0.217. The van der Waals surface area contributed by atoms with Gasteiger partial charge in [-0.15, -0.1) is 17.5 Å². The average Bonchev–Trinajstić information content (AvgIpc) is 3.42. The Morgan fingerprint density at radius 2 is 2.04 bits per heavy atom. The van der Waals surface area contributed by atoms with Crippen molar-refractivity contribution in [2.75, 3.05) is 13.1 Å². The minimum absolute atomic E-state index is 0. The Morgan fingerprint density at radius 3 is 2.75 bits per heavy atom. The number of halogens is 1. The van der Waals surface area contributed by atoms with E-state index < -0.39 is 0 Å². The second-order valence-corrected chi connectivity index (χ2v) is 6.97. The number of hydrogen-bond acceptors (Lipinski definition) is 5. The molecule has 0 bridgehead atoms. The van der Waals surface area contributed by atoms with Gasteiger partial charge in [-0.1, -0.05) is 23.4 Å². The van der Waals surface area contributed by atoms with E-state index >= 15 is 0 Å². The first-order chi connectivity index (χ1) is 13.1. The molecule has 148 valence electrons. The van der Waals surface area contributed by atoms with E-state index in [9.17, 15) is 4.79 Å². The maximum atomic E-state index is 12.9. The first-order valence-electron chi connectivity index (χ1n) is 9.09. The molecule has 1 aliphatic heterocycles. The van der Waals surface area contributed by atoms with Gasteiger partial charge in [0.1, 0.15) is 5.69 Å². The molecule has 1 aromatic carbocycles. The van der Waals surface area contributed by atoms with Gasteiger partial charge in [-0.3, -0.25) is 9.48 Å². The molecule has 2 N–H and O–H groups in total. The van der Waals surface area contributed by atoms with E-state index in [0.29, 0.717) is 6.54 Å². The number of para-hydroxylation sites is 1. The Morgan fingerprint density at radius 1 is 1.25 bits per heavy atom. The first kappa shape index (κ1) is 20.0. The zero-order valence-corrected chi connectivity index (χ0v) is 16.6. The molecule has 1 saturated heterocycles. The van der Waals surface area contributed by atoms with Crippen molar-refractivity contribution in [3.8, 4) is 5.69 Å². The summed E-state index contributed by atoms with van der Waals surface area (Å²) in [6.07, 6.45) is 5.67. The van der Waals surface area contributed by atoms with Gasteiger partial charge in [0.15, 0.2) is 0 Å². The summed E-state index contributed by atoms with van der Waals surface area (Å²) in [5.41, 5.74) is 2.76. The monoisotopic (exact) mass is 401 g/mol. The zero-order chi connectivity index (χ0) is 18.8.